The van der Waals surface area contributed by atoms with Crippen LogP contribution >= 0.6 is 11.6 Å². The second-order valence-corrected chi connectivity index (χ2v) is 5.37. The molecule has 100 valence electrons. The van der Waals surface area contributed by atoms with Crippen LogP contribution in [0.3, 0.4) is 0 Å². The predicted octanol–water partition coefficient (Wildman–Crippen LogP) is 3.65. The van der Waals surface area contributed by atoms with Gasteiger partial charge in [-0.3, -0.25) is 0 Å². The highest BCUT2D eigenvalue weighted by Crippen LogP contribution is 2.45. The molecule has 2 nitrogen and oxygen atoms in total. The van der Waals surface area contributed by atoms with E-state index in [2.05, 4.69) is 0 Å². The van der Waals surface area contributed by atoms with Crippen LogP contribution in [0, 0.1) is 5.82 Å². The van der Waals surface area contributed by atoms with E-state index in [1.165, 1.54) is 19.6 Å². The average molecular weight is 272 g/mol. The lowest BCUT2D eigenvalue weighted by atomic mass is 9.69. The number of halogens is 2. The summed E-state index contributed by atoms with van der Waals surface area (Å²) in [4.78, 5) is 0. The first-order valence-corrected chi connectivity index (χ1v) is 6.75. The SMILES string of the molecule is COc1c(C2(CN)CCCCC2)ccc(F)c1Cl. The quantitative estimate of drug-likeness (QED) is 0.911. The van der Waals surface area contributed by atoms with Crippen molar-refractivity contribution in [2.75, 3.05) is 13.7 Å². The summed E-state index contributed by atoms with van der Waals surface area (Å²) in [5.41, 5.74) is 6.84. The molecule has 1 saturated carbocycles. The summed E-state index contributed by atoms with van der Waals surface area (Å²) in [7, 11) is 1.52. The van der Waals surface area contributed by atoms with Crippen LogP contribution < -0.4 is 10.5 Å². The van der Waals surface area contributed by atoms with Gasteiger partial charge in [0.15, 0.2) is 0 Å². The summed E-state index contributed by atoms with van der Waals surface area (Å²) in [6, 6.07) is 3.18. The molecule has 2 N–H and O–H groups in total. The van der Waals surface area contributed by atoms with Crippen LogP contribution in [0.15, 0.2) is 12.1 Å². The lowest BCUT2D eigenvalue weighted by Gasteiger charge is -2.37. The van der Waals surface area contributed by atoms with E-state index in [1.54, 1.807) is 6.07 Å². The van der Waals surface area contributed by atoms with E-state index in [1.807, 2.05) is 0 Å². The molecule has 1 aliphatic carbocycles. The highest BCUT2D eigenvalue weighted by Gasteiger charge is 2.36. The predicted molar refractivity (Wildman–Crippen MR) is 71.8 cm³/mol. The number of methoxy groups -OCH3 is 1. The summed E-state index contributed by atoms with van der Waals surface area (Å²) in [5, 5.41) is 0.0633. The maximum absolute atomic E-state index is 13.5. The molecular weight excluding hydrogens is 253 g/mol. The monoisotopic (exact) mass is 271 g/mol. The van der Waals surface area contributed by atoms with E-state index in [0.717, 1.165) is 31.2 Å². The molecule has 0 bridgehead atoms. The van der Waals surface area contributed by atoms with Crippen molar-refractivity contribution in [3.63, 3.8) is 0 Å². The van der Waals surface area contributed by atoms with Crippen LogP contribution in [-0.4, -0.2) is 13.7 Å². The van der Waals surface area contributed by atoms with Crippen molar-refractivity contribution in [2.24, 2.45) is 5.73 Å². The Morgan fingerprint density at radius 3 is 2.56 bits per heavy atom. The van der Waals surface area contributed by atoms with Crippen molar-refractivity contribution in [3.8, 4) is 5.75 Å². The Morgan fingerprint density at radius 1 is 1.33 bits per heavy atom. The fourth-order valence-corrected chi connectivity index (χ4v) is 3.20. The molecule has 0 radical (unpaired) electrons. The highest BCUT2D eigenvalue weighted by molar-refractivity contribution is 6.32. The number of ether oxygens (including phenoxy) is 1. The molecule has 0 heterocycles. The molecule has 0 spiro atoms. The number of hydrogen-bond acceptors (Lipinski definition) is 2. The number of rotatable bonds is 3. The van der Waals surface area contributed by atoms with E-state index in [4.69, 9.17) is 22.1 Å². The molecular formula is C14H19ClFNO. The van der Waals surface area contributed by atoms with Gasteiger partial charge in [-0.2, -0.15) is 0 Å². The maximum atomic E-state index is 13.5. The van der Waals surface area contributed by atoms with Crippen molar-refractivity contribution in [2.45, 2.75) is 37.5 Å². The van der Waals surface area contributed by atoms with Crippen molar-refractivity contribution in [3.05, 3.63) is 28.5 Å². The van der Waals surface area contributed by atoms with Crippen LogP contribution in [0.25, 0.3) is 0 Å². The number of benzene rings is 1. The third-order valence-electron chi connectivity index (χ3n) is 4.03. The topological polar surface area (TPSA) is 35.2 Å². The van der Waals surface area contributed by atoms with Crippen LogP contribution in [-0.2, 0) is 5.41 Å². The molecule has 0 atom stereocenters. The second-order valence-electron chi connectivity index (χ2n) is 4.99. The largest absolute Gasteiger partial charge is 0.495 e. The zero-order valence-electron chi connectivity index (χ0n) is 10.6. The molecule has 0 aliphatic heterocycles. The molecule has 0 saturated heterocycles. The first-order valence-electron chi connectivity index (χ1n) is 6.37. The van der Waals surface area contributed by atoms with Crippen molar-refractivity contribution in [1.82, 2.24) is 0 Å². The van der Waals surface area contributed by atoms with Crippen molar-refractivity contribution in [1.29, 1.82) is 0 Å². The van der Waals surface area contributed by atoms with Gasteiger partial charge in [-0.1, -0.05) is 36.9 Å². The molecule has 2 rings (SSSR count). The smallest absolute Gasteiger partial charge is 0.145 e. The molecule has 0 amide bonds. The minimum atomic E-state index is -0.444. The van der Waals surface area contributed by atoms with Gasteiger partial charge in [-0.15, -0.1) is 0 Å². The standard InChI is InChI=1S/C14H19ClFNO/c1-18-13-10(5-6-11(16)12(13)15)14(9-17)7-3-2-4-8-14/h5-6H,2-4,7-9,17H2,1H3. The summed E-state index contributed by atoms with van der Waals surface area (Å²) < 4.78 is 18.8. The lowest BCUT2D eigenvalue weighted by molar-refractivity contribution is 0.287. The third-order valence-corrected chi connectivity index (χ3v) is 4.38. The minimum Gasteiger partial charge on any atom is -0.495 e. The van der Waals surface area contributed by atoms with Gasteiger partial charge in [0.25, 0.3) is 0 Å². The summed E-state index contributed by atoms with van der Waals surface area (Å²) in [6.45, 7) is 0.547. The second kappa shape index (κ2) is 5.45. The normalized spacial score (nSPS) is 18.7. The van der Waals surface area contributed by atoms with E-state index >= 15 is 0 Å². The summed E-state index contributed by atoms with van der Waals surface area (Å²) in [6.07, 6.45) is 5.56. The molecule has 4 heteroatoms. The third kappa shape index (κ3) is 2.21. The van der Waals surface area contributed by atoms with Gasteiger partial charge in [-0.05, 0) is 18.9 Å². The average Bonchev–Trinajstić information content (AvgIpc) is 2.42. The Morgan fingerprint density at radius 2 is 2.00 bits per heavy atom. The first-order chi connectivity index (χ1) is 8.64. The summed E-state index contributed by atoms with van der Waals surface area (Å²) in [5.74, 6) is 0.00395. The fourth-order valence-electron chi connectivity index (χ4n) is 2.96. The molecule has 1 aliphatic rings. The molecule has 1 fully saturated rings. The van der Waals surface area contributed by atoms with Crippen LogP contribution in [0.5, 0.6) is 5.75 Å². The van der Waals surface area contributed by atoms with Gasteiger partial charge >= 0.3 is 0 Å². The lowest BCUT2D eigenvalue weighted by Crippen LogP contribution is -2.37. The zero-order valence-corrected chi connectivity index (χ0v) is 11.4. The fraction of sp³-hybridized carbons (Fsp3) is 0.571. The van der Waals surface area contributed by atoms with Crippen LogP contribution in [0.2, 0.25) is 5.02 Å². The van der Waals surface area contributed by atoms with Crippen molar-refractivity contribution >= 4 is 11.6 Å². The van der Waals surface area contributed by atoms with E-state index in [0.29, 0.717) is 12.3 Å². The van der Waals surface area contributed by atoms with E-state index in [-0.39, 0.29) is 10.4 Å². The van der Waals surface area contributed by atoms with Gasteiger partial charge in [0.1, 0.15) is 16.6 Å². The zero-order chi connectivity index (χ0) is 13.2. The Balaban J connectivity index is 2.51. The number of nitrogens with two attached hydrogens (primary N) is 1. The Bertz CT molecular complexity index is 430. The molecule has 0 unspecified atom stereocenters. The minimum absolute atomic E-state index is 0.0633. The maximum Gasteiger partial charge on any atom is 0.145 e. The molecule has 1 aromatic rings. The summed E-state index contributed by atoms with van der Waals surface area (Å²) >= 11 is 6.00. The van der Waals surface area contributed by atoms with Crippen LogP contribution in [0.4, 0.5) is 4.39 Å². The Kier molecular flexibility index (Phi) is 4.13. The van der Waals surface area contributed by atoms with Gasteiger partial charge in [0.05, 0.1) is 7.11 Å². The van der Waals surface area contributed by atoms with Gasteiger partial charge in [-0.25, -0.2) is 4.39 Å². The molecule has 0 aromatic heterocycles. The van der Waals surface area contributed by atoms with Crippen molar-refractivity contribution < 1.29 is 9.13 Å². The van der Waals surface area contributed by atoms with Gasteiger partial charge in [0.2, 0.25) is 0 Å². The van der Waals surface area contributed by atoms with Gasteiger partial charge < -0.3 is 10.5 Å². The first kappa shape index (κ1) is 13.6. The van der Waals surface area contributed by atoms with Crippen LogP contribution in [0.1, 0.15) is 37.7 Å². The van der Waals surface area contributed by atoms with E-state index in [9.17, 15) is 4.39 Å². The Labute approximate surface area is 112 Å². The Hall–Kier alpha value is -0.800. The number of hydrogen-bond donors (Lipinski definition) is 1. The molecule has 18 heavy (non-hydrogen) atoms. The van der Waals surface area contributed by atoms with Gasteiger partial charge in [0, 0.05) is 17.5 Å². The van der Waals surface area contributed by atoms with E-state index < -0.39 is 5.82 Å². The molecule has 1 aromatic carbocycles. The highest BCUT2D eigenvalue weighted by atomic mass is 35.5.